The lowest BCUT2D eigenvalue weighted by atomic mass is 10.1. The van der Waals surface area contributed by atoms with Crippen molar-refractivity contribution in [1.82, 2.24) is 9.78 Å². The van der Waals surface area contributed by atoms with Crippen LogP contribution in [0.3, 0.4) is 0 Å². The van der Waals surface area contributed by atoms with Crippen molar-refractivity contribution in [3.8, 4) is 5.69 Å². The molecule has 5 heteroatoms. The average Bonchev–Trinajstić information content (AvgIpc) is 3.00. The first-order valence-electron chi connectivity index (χ1n) is 8.33. The van der Waals surface area contributed by atoms with Gasteiger partial charge in [-0.15, -0.1) is 0 Å². The van der Waals surface area contributed by atoms with Crippen LogP contribution < -0.4 is 5.73 Å². The molecule has 1 heterocycles. The number of hydrogen-bond donors (Lipinski definition) is 1. The Morgan fingerprint density at radius 2 is 1.80 bits per heavy atom. The molecule has 2 N–H and O–H groups in total. The van der Waals surface area contributed by atoms with Crippen LogP contribution in [0.15, 0.2) is 48.5 Å². The van der Waals surface area contributed by atoms with Gasteiger partial charge in [0.2, 0.25) is 0 Å². The first kappa shape index (κ1) is 18.0. The molecule has 0 spiro atoms. The molecular weight excluding hydrogens is 353 g/mol. The molecule has 0 aliphatic carbocycles. The molecule has 0 bridgehead atoms. The van der Waals surface area contributed by atoms with Crippen molar-refractivity contribution in [2.45, 2.75) is 32.7 Å². The third kappa shape index (κ3) is 4.06. The molecule has 3 aromatic rings. The lowest BCUT2D eigenvalue weighted by molar-refractivity contribution is 0.658. The average molecular weight is 374 g/mol. The molecule has 0 amide bonds. The topological polar surface area (TPSA) is 43.8 Å². The minimum absolute atomic E-state index is 0.0934. The van der Waals surface area contributed by atoms with Gasteiger partial charge >= 0.3 is 0 Å². The van der Waals surface area contributed by atoms with Gasteiger partial charge < -0.3 is 5.73 Å². The maximum Gasteiger partial charge on any atom is 0.0836 e. The van der Waals surface area contributed by atoms with E-state index in [0.717, 1.165) is 29.9 Å². The number of nitrogens with zero attached hydrogens (tertiary/aromatic N) is 2. The molecule has 0 radical (unpaired) electrons. The zero-order valence-corrected chi connectivity index (χ0v) is 15.8. The van der Waals surface area contributed by atoms with Gasteiger partial charge in [-0.25, -0.2) is 4.68 Å². The zero-order valence-electron chi connectivity index (χ0n) is 14.3. The Morgan fingerprint density at radius 3 is 2.44 bits per heavy atom. The van der Waals surface area contributed by atoms with Gasteiger partial charge in [-0.3, -0.25) is 0 Å². The van der Waals surface area contributed by atoms with Crippen molar-refractivity contribution >= 4 is 23.2 Å². The van der Waals surface area contributed by atoms with Gasteiger partial charge in [-0.1, -0.05) is 60.0 Å². The maximum absolute atomic E-state index is 6.41. The minimum Gasteiger partial charge on any atom is -0.323 e. The van der Waals surface area contributed by atoms with Crippen LogP contribution >= 0.6 is 23.2 Å². The van der Waals surface area contributed by atoms with Gasteiger partial charge in [-0.2, -0.15) is 5.10 Å². The van der Waals surface area contributed by atoms with Gasteiger partial charge in [0.1, 0.15) is 0 Å². The van der Waals surface area contributed by atoms with E-state index in [2.05, 4.69) is 44.2 Å². The first-order chi connectivity index (χ1) is 12.0. The van der Waals surface area contributed by atoms with Crippen LogP contribution in [0.25, 0.3) is 5.69 Å². The number of benzene rings is 2. The number of halogens is 2. The quantitative estimate of drug-likeness (QED) is 0.642. The number of aryl methyl sites for hydroxylation is 1. The maximum atomic E-state index is 6.41. The summed E-state index contributed by atoms with van der Waals surface area (Å²) in [5.74, 6) is 0. The highest BCUT2D eigenvalue weighted by Gasteiger charge is 2.16. The Hall–Kier alpha value is -1.81. The van der Waals surface area contributed by atoms with E-state index in [1.807, 2.05) is 16.8 Å². The zero-order chi connectivity index (χ0) is 18.0. The molecule has 1 atom stereocenters. The van der Waals surface area contributed by atoms with Crippen molar-refractivity contribution in [1.29, 1.82) is 0 Å². The van der Waals surface area contributed by atoms with Gasteiger partial charge in [0.05, 0.1) is 16.4 Å². The molecule has 1 aromatic heterocycles. The van der Waals surface area contributed by atoms with E-state index >= 15 is 0 Å². The van der Waals surface area contributed by atoms with Crippen LogP contribution in [-0.2, 0) is 6.42 Å². The predicted molar refractivity (Wildman–Crippen MR) is 105 cm³/mol. The van der Waals surface area contributed by atoms with E-state index in [9.17, 15) is 0 Å². The summed E-state index contributed by atoms with van der Waals surface area (Å²) in [5, 5.41) is 5.89. The largest absolute Gasteiger partial charge is 0.323 e. The van der Waals surface area contributed by atoms with E-state index in [0.29, 0.717) is 10.0 Å². The third-order valence-electron chi connectivity index (χ3n) is 4.27. The van der Waals surface area contributed by atoms with E-state index in [1.54, 1.807) is 6.07 Å². The number of aromatic nitrogens is 2. The summed E-state index contributed by atoms with van der Waals surface area (Å²) in [6, 6.07) is 15.9. The fraction of sp³-hybridized carbons (Fsp3) is 0.250. The normalized spacial score (nSPS) is 12.4. The molecule has 0 aliphatic heterocycles. The van der Waals surface area contributed by atoms with Crippen molar-refractivity contribution < 1.29 is 0 Å². The minimum atomic E-state index is -0.0934. The van der Waals surface area contributed by atoms with Crippen molar-refractivity contribution in [2.75, 3.05) is 0 Å². The molecule has 3 rings (SSSR count). The number of rotatable bonds is 5. The van der Waals surface area contributed by atoms with Gasteiger partial charge in [0, 0.05) is 23.2 Å². The van der Waals surface area contributed by atoms with Gasteiger partial charge in [0.25, 0.3) is 0 Å². The molecule has 0 aliphatic rings. The Bertz CT molecular complexity index is 869. The highest BCUT2D eigenvalue weighted by Crippen LogP contribution is 2.27. The summed E-state index contributed by atoms with van der Waals surface area (Å²) in [7, 11) is 0. The Kier molecular flexibility index (Phi) is 5.48. The summed E-state index contributed by atoms with van der Waals surface area (Å²) in [4.78, 5) is 0. The molecule has 0 saturated carbocycles. The summed E-state index contributed by atoms with van der Waals surface area (Å²) < 4.78 is 1.88. The molecule has 0 fully saturated rings. The van der Waals surface area contributed by atoms with Gasteiger partial charge in [0.15, 0.2) is 0 Å². The first-order valence-corrected chi connectivity index (χ1v) is 9.09. The molecule has 1 unspecified atom stereocenters. The fourth-order valence-corrected chi connectivity index (χ4v) is 3.22. The van der Waals surface area contributed by atoms with Crippen LogP contribution in [0, 0.1) is 6.92 Å². The van der Waals surface area contributed by atoms with Crippen molar-refractivity contribution in [2.24, 2.45) is 5.73 Å². The van der Waals surface area contributed by atoms with Crippen LogP contribution in [-0.4, -0.2) is 9.78 Å². The second-order valence-corrected chi connectivity index (χ2v) is 7.09. The smallest absolute Gasteiger partial charge is 0.0836 e. The van der Waals surface area contributed by atoms with Crippen LogP contribution in [0.1, 0.15) is 41.9 Å². The number of hydrogen-bond acceptors (Lipinski definition) is 2. The van der Waals surface area contributed by atoms with Crippen molar-refractivity contribution in [3.63, 3.8) is 0 Å². The number of nitrogens with two attached hydrogens (primary N) is 1. The van der Waals surface area contributed by atoms with Crippen molar-refractivity contribution in [3.05, 3.63) is 81.1 Å². The third-order valence-corrected chi connectivity index (χ3v) is 4.80. The Labute approximate surface area is 158 Å². The molecular formula is C20H21Cl2N3. The summed E-state index contributed by atoms with van der Waals surface area (Å²) in [6.45, 7) is 4.14. The highest BCUT2D eigenvalue weighted by molar-refractivity contribution is 6.35. The Morgan fingerprint density at radius 1 is 1.08 bits per heavy atom. The molecule has 0 saturated heterocycles. The molecule has 25 heavy (non-hydrogen) atoms. The standard InChI is InChI=1S/C20H21Cl2N3/c1-3-18(23)19-12-16(10-14-6-4-13(2)5-7-14)25(24-19)20-9-8-15(21)11-17(20)22/h4-9,11-12,18H,3,10,23H2,1-2H3. The monoisotopic (exact) mass is 373 g/mol. The molecule has 130 valence electrons. The van der Waals surface area contributed by atoms with E-state index in [1.165, 1.54) is 11.1 Å². The molecule has 3 nitrogen and oxygen atoms in total. The Balaban J connectivity index is 2.05. The second-order valence-electron chi connectivity index (χ2n) is 6.25. The lowest BCUT2D eigenvalue weighted by Gasteiger charge is -2.10. The summed E-state index contributed by atoms with van der Waals surface area (Å²) >= 11 is 12.4. The van der Waals surface area contributed by atoms with E-state index < -0.39 is 0 Å². The van der Waals surface area contributed by atoms with Crippen LogP contribution in [0.5, 0.6) is 0 Å². The predicted octanol–water partition coefficient (Wildman–Crippen LogP) is 5.49. The summed E-state index contributed by atoms with van der Waals surface area (Å²) in [6.07, 6.45) is 1.58. The van der Waals surface area contributed by atoms with Gasteiger partial charge in [-0.05, 0) is 43.2 Å². The second kappa shape index (κ2) is 7.61. The lowest BCUT2D eigenvalue weighted by Crippen LogP contribution is -2.10. The highest BCUT2D eigenvalue weighted by atomic mass is 35.5. The SMILES string of the molecule is CCC(N)c1cc(Cc2ccc(C)cc2)n(-c2ccc(Cl)cc2Cl)n1. The fourth-order valence-electron chi connectivity index (χ4n) is 2.73. The van der Waals surface area contributed by atoms with Crippen LogP contribution in [0.2, 0.25) is 10.0 Å². The molecule has 2 aromatic carbocycles. The van der Waals surface area contributed by atoms with Crippen LogP contribution in [0.4, 0.5) is 0 Å². The summed E-state index contributed by atoms with van der Waals surface area (Å²) in [5.41, 5.74) is 11.4. The van der Waals surface area contributed by atoms with E-state index in [4.69, 9.17) is 34.0 Å². The van der Waals surface area contributed by atoms with E-state index in [-0.39, 0.29) is 6.04 Å².